The summed E-state index contributed by atoms with van der Waals surface area (Å²) in [5, 5.41) is 4.23. The average molecular weight is 315 g/mol. The van der Waals surface area contributed by atoms with Crippen molar-refractivity contribution in [2.24, 2.45) is 11.0 Å². The highest BCUT2D eigenvalue weighted by molar-refractivity contribution is 6.02. The van der Waals surface area contributed by atoms with Crippen molar-refractivity contribution in [3.05, 3.63) is 24.3 Å². The van der Waals surface area contributed by atoms with E-state index in [0.717, 1.165) is 25.0 Å². The first-order chi connectivity index (χ1) is 11.1. The monoisotopic (exact) mass is 315 g/mol. The summed E-state index contributed by atoms with van der Waals surface area (Å²) in [6.45, 7) is 2.10. The molecular formula is C17H21N3O3. The van der Waals surface area contributed by atoms with E-state index in [0.29, 0.717) is 17.4 Å². The van der Waals surface area contributed by atoms with Gasteiger partial charge in [-0.15, -0.1) is 0 Å². The Morgan fingerprint density at radius 2 is 2.26 bits per heavy atom. The lowest BCUT2D eigenvalue weighted by Crippen LogP contribution is -2.44. The maximum absolute atomic E-state index is 12.1. The van der Waals surface area contributed by atoms with Crippen LogP contribution in [0.5, 0.6) is 5.75 Å². The molecule has 0 saturated heterocycles. The molecule has 0 spiro atoms. The van der Waals surface area contributed by atoms with Gasteiger partial charge in [-0.25, -0.2) is 5.43 Å². The second-order valence-corrected chi connectivity index (χ2v) is 6.15. The minimum absolute atomic E-state index is 0.0453. The molecule has 6 nitrogen and oxygen atoms in total. The van der Waals surface area contributed by atoms with Crippen molar-refractivity contribution in [2.45, 2.75) is 32.6 Å². The zero-order valence-corrected chi connectivity index (χ0v) is 13.2. The van der Waals surface area contributed by atoms with Gasteiger partial charge < -0.3 is 4.74 Å². The maximum atomic E-state index is 12.1. The van der Waals surface area contributed by atoms with E-state index in [4.69, 9.17) is 4.74 Å². The number of ether oxygens (including phenoxy) is 1. The topological polar surface area (TPSA) is 71.0 Å². The Kier molecular flexibility index (Phi) is 4.60. The Balaban J connectivity index is 1.63. The summed E-state index contributed by atoms with van der Waals surface area (Å²) in [5.74, 6) is 0.720. The molecular weight excluding hydrogens is 294 g/mol. The Bertz CT molecular complexity index is 642. The van der Waals surface area contributed by atoms with E-state index in [1.807, 2.05) is 12.1 Å². The molecule has 3 rings (SSSR count). The second-order valence-electron chi connectivity index (χ2n) is 6.15. The van der Waals surface area contributed by atoms with Gasteiger partial charge in [-0.2, -0.15) is 5.10 Å². The molecule has 1 N–H and O–H groups in total. The number of nitrogens with one attached hydrogen (secondary N) is 1. The lowest BCUT2D eigenvalue weighted by Gasteiger charge is -2.28. The van der Waals surface area contributed by atoms with E-state index < -0.39 is 0 Å². The van der Waals surface area contributed by atoms with E-state index in [1.54, 1.807) is 12.1 Å². The fourth-order valence-corrected chi connectivity index (χ4v) is 3.01. The predicted molar refractivity (Wildman–Crippen MR) is 87.5 cm³/mol. The molecule has 2 aliphatic rings. The molecule has 1 saturated carbocycles. The van der Waals surface area contributed by atoms with Gasteiger partial charge in [0, 0.05) is 5.71 Å². The van der Waals surface area contributed by atoms with Gasteiger partial charge in [-0.05, 0) is 43.7 Å². The molecule has 0 radical (unpaired) electrons. The highest BCUT2D eigenvalue weighted by Crippen LogP contribution is 2.31. The number of nitrogens with zero attached hydrogens (tertiary/aromatic N) is 2. The van der Waals surface area contributed by atoms with Crippen LogP contribution in [0.15, 0.2) is 29.4 Å². The van der Waals surface area contributed by atoms with Crippen LogP contribution in [-0.4, -0.2) is 30.7 Å². The second kappa shape index (κ2) is 6.81. The van der Waals surface area contributed by atoms with Crippen LogP contribution in [-0.2, 0) is 9.59 Å². The van der Waals surface area contributed by atoms with Crippen molar-refractivity contribution < 1.29 is 14.3 Å². The number of rotatable bonds is 3. The minimum atomic E-state index is -0.291. The summed E-state index contributed by atoms with van der Waals surface area (Å²) in [6, 6.07) is 7.21. The highest BCUT2D eigenvalue weighted by atomic mass is 16.5. The van der Waals surface area contributed by atoms with Crippen molar-refractivity contribution in [1.29, 1.82) is 0 Å². The quantitative estimate of drug-likeness (QED) is 0.868. The summed E-state index contributed by atoms with van der Waals surface area (Å²) in [6.07, 6.45) is 4.20. The number of hydrogen-bond acceptors (Lipinski definition) is 4. The average Bonchev–Trinajstić information content (AvgIpc) is 2.56. The van der Waals surface area contributed by atoms with Crippen LogP contribution in [0, 0.1) is 5.92 Å². The van der Waals surface area contributed by atoms with Gasteiger partial charge in [-0.1, -0.05) is 19.1 Å². The largest absolute Gasteiger partial charge is 0.482 e. The molecule has 1 aliphatic heterocycles. The number of carbonyl (C=O) groups is 2. The SMILES string of the molecule is C[C@H]1CCC/C(=N/NC(=O)CN2C(=O)COc3ccccc32)C1. The zero-order valence-electron chi connectivity index (χ0n) is 13.2. The Morgan fingerprint density at radius 1 is 1.43 bits per heavy atom. The first kappa shape index (κ1) is 15.5. The molecule has 0 bridgehead atoms. The third-order valence-electron chi connectivity index (χ3n) is 4.20. The molecule has 2 amide bonds. The fourth-order valence-electron chi connectivity index (χ4n) is 3.01. The van der Waals surface area contributed by atoms with Crippen molar-refractivity contribution in [2.75, 3.05) is 18.1 Å². The lowest BCUT2D eigenvalue weighted by molar-refractivity contribution is -0.125. The molecule has 1 atom stereocenters. The van der Waals surface area contributed by atoms with Crippen molar-refractivity contribution in [3.63, 3.8) is 0 Å². The predicted octanol–water partition coefficient (Wildman–Crippen LogP) is 2.09. The number of hydrogen-bond donors (Lipinski definition) is 1. The van der Waals surface area contributed by atoms with E-state index in [-0.39, 0.29) is 25.0 Å². The van der Waals surface area contributed by atoms with Gasteiger partial charge in [0.25, 0.3) is 11.8 Å². The summed E-state index contributed by atoms with van der Waals surface area (Å²) in [7, 11) is 0. The minimum Gasteiger partial charge on any atom is -0.482 e. The normalized spacial score (nSPS) is 22.5. The van der Waals surface area contributed by atoms with Crippen molar-refractivity contribution in [3.8, 4) is 5.75 Å². The van der Waals surface area contributed by atoms with Crippen LogP contribution >= 0.6 is 0 Å². The van der Waals surface area contributed by atoms with Crippen LogP contribution in [0.2, 0.25) is 0 Å². The standard InChI is InChI=1S/C17H21N3O3/c1-12-5-4-6-13(9-12)18-19-16(21)10-20-14-7-2-3-8-15(14)23-11-17(20)22/h2-3,7-8,12H,4-6,9-11H2,1H3,(H,19,21)/b18-13-/t12-/m0/s1. The van der Waals surface area contributed by atoms with Crippen LogP contribution in [0.25, 0.3) is 0 Å². The summed E-state index contributed by atoms with van der Waals surface area (Å²) in [4.78, 5) is 25.6. The van der Waals surface area contributed by atoms with Gasteiger partial charge in [0.15, 0.2) is 6.61 Å². The number of amides is 2. The summed E-state index contributed by atoms with van der Waals surface area (Å²) in [5.41, 5.74) is 4.24. The molecule has 0 unspecified atom stereocenters. The van der Waals surface area contributed by atoms with Gasteiger partial charge in [0.1, 0.15) is 12.3 Å². The van der Waals surface area contributed by atoms with Crippen LogP contribution in [0.3, 0.4) is 0 Å². The Labute approximate surface area is 135 Å². The Morgan fingerprint density at radius 3 is 3.09 bits per heavy atom. The van der Waals surface area contributed by atoms with Crippen molar-refractivity contribution in [1.82, 2.24) is 5.43 Å². The molecule has 23 heavy (non-hydrogen) atoms. The number of benzene rings is 1. The Hall–Kier alpha value is -2.37. The molecule has 1 aromatic rings. The van der Waals surface area contributed by atoms with Gasteiger partial charge in [0.2, 0.25) is 0 Å². The smallest absolute Gasteiger partial charge is 0.265 e. The fraction of sp³-hybridized carbons (Fsp3) is 0.471. The van der Waals surface area contributed by atoms with E-state index in [9.17, 15) is 9.59 Å². The first-order valence-corrected chi connectivity index (χ1v) is 8.00. The molecule has 122 valence electrons. The van der Waals surface area contributed by atoms with Gasteiger partial charge >= 0.3 is 0 Å². The number of hydrazone groups is 1. The first-order valence-electron chi connectivity index (χ1n) is 8.00. The number of fused-ring (bicyclic) bond motifs is 1. The molecule has 1 aliphatic carbocycles. The molecule has 0 aromatic heterocycles. The van der Waals surface area contributed by atoms with E-state index in [1.165, 1.54) is 11.3 Å². The summed E-state index contributed by atoms with van der Waals surface area (Å²) < 4.78 is 5.36. The third kappa shape index (κ3) is 3.70. The van der Waals surface area contributed by atoms with Crippen LogP contribution < -0.4 is 15.1 Å². The number of carbonyl (C=O) groups excluding carboxylic acids is 2. The molecule has 1 fully saturated rings. The number of anilines is 1. The maximum Gasteiger partial charge on any atom is 0.265 e. The van der Waals surface area contributed by atoms with Gasteiger partial charge in [-0.3, -0.25) is 14.5 Å². The summed E-state index contributed by atoms with van der Waals surface area (Å²) >= 11 is 0. The van der Waals surface area contributed by atoms with E-state index >= 15 is 0 Å². The van der Waals surface area contributed by atoms with Crippen molar-refractivity contribution >= 4 is 23.2 Å². The molecule has 1 aromatic carbocycles. The molecule has 6 heteroatoms. The van der Waals surface area contributed by atoms with E-state index in [2.05, 4.69) is 17.5 Å². The lowest BCUT2D eigenvalue weighted by atomic mass is 9.89. The van der Waals surface area contributed by atoms with Crippen LogP contribution in [0.4, 0.5) is 5.69 Å². The highest BCUT2D eigenvalue weighted by Gasteiger charge is 2.27. The zero-order chi connectivity index (χ0) is 16.2. The van der Waals surface area contributed by atoms with Crippen LogP contribution in [0.1, 0.15) is 32.6 Å². The number of para-hydroxylation sites is 2. The molecule has 1 heterocycles. The third-order valence-corrected chi connectivity index (χ3v) is 4.20. The van der Waals surface area contributed by atoms with Gasteiger partial charge in [0.05, 0.1) is 5.69 Å².